The number of amides is 1. The number of carbonyl (C=O) groups is 2. The maximum Gasteiger partial charge on any atom is 0.405 e. The largest absolute Gasteiger partial charge is 0.405 e. The molecule has 0 saturated carbocycles. The predicted octanol–water partition coefficient (Wildman–Crippen LogP) is 2.29. The molecule has 110 valence electrons. The molecule has 20 heavy (non-hydrogen) atoms. The van der Waals surface area contributed by atoms with Crippen LogP contribution in [0, 0.1) is 6.92 Å². The number of nitrogens with one attached hydrogen (secondary N) is 2. The molecule has 7 heteroatoms. The van der Waals surface area contributed by atoms with Crippen molar-refractivity contribution in [3.05, 3.63) is 29.3 Å². The minimum absolute atomic E-state index is 0.179. The molecule has 0 bridgehead atoms. The summed E-state index contributed by atoms with van der Waals surface area (Å²) in [6.45, 7) is 1.42. The first-order valence-electron chi connectivity index (χ1n) is 5.88. The molecule has 1 rings (SSSR count). The standard InChI is InChI=1S/C13H15F3N2O2/c1-8-4-3-5-10(12(8)9(2)19)17-6-11(20)18-7-13(14,15)16/h3-5,17H,6-7H2,1-2H3,(H,18,20). The van der Waals surface area contributed by atoms with Crippen LogP contribution >= 0.6 is 0 Å². The molecule has 4 nitrogen and oxygen atoms in total. The zero-order valence-electron chi connectivity index (χ0n) is 11.1. The van der Waals surface area contributed by atoms with Crippen LogP contribution in [0.5, 0.6) is 0 Å². The molecule has 1 aromatic rings. The first-order valence-corrected chi connectivity index (χ1v) is 5.88. The number of anilines is 1. The second-order valence-electron chi connectivity index (χ2n) is 4.30. The molecule has 0 heterocycles. The molecule has 0 saturated heterocycles. The van der Waals surface area contributed by atoms with E-state index in [0.29, 0.717) is 11.3 Å². The van der Waals surface area contributed by atoms with Gasteiger partial charge in [-0.05, 0) is 25.5 Å². The van der Waals surface area contributed by atoms with Gasteiger partial charge in [0.25, 0.3) is 0 Å². The second-order valence-corrected chi connectivity index (χ2v) is 4.30. The Balaban J connectivity index is 2.64. The SMILES string of the molecule is CC(=O)c1c(C)cccc1NCC(=O)NCC(F)(F)F. The van der Waals surface area contributed by atoms with Crippen LogP contribution in [0.4, 0.5) is 18.9 Å². The number of Topliss-reactive ketones (excluding diaryl/α,β-unsaturated/α-hetero) is 1. The van der Waals surface area contributed by atoms with Gasteiger partial charge < -0.3 is 10.6 Å². The van der Waals surface area contributed by atoms with Crippen LogP contribution in [0.15, 0.2) is 18.2 Å². The monoisotopic (exact) mass is 288 g/mol. The Bertz CT molecular complexity index is 513. The maximum atomic E-state index is 11.9. The fourth-order valence-corrected chi connectivity index (χ4v) is 1.72. The molecule has 1 amide bonds. The van der Waals surface area contributed by atoms with Crippen LogP contribution in [-0.2, 0) is 4.79 Å². The number of hydrogen-bond donors (Lipinski definition) is 2. The van der Waals surface area contributed by atoms with Crippen LogP contribution in [-0.4, -0.2) is 31.0 Å². The minimum atomic E-state index is -4.44. The molecular weight excluding hydrogens is 273 g/mol. The van der Waals surface area contributed by atoms with Crippen LogP contribution in [0.1, 0.15) is 22.8 Å². The van der Waals surface area contributed by atoms with Gasteiger partial charge in [-0.25, -0.2) is 0 Å². The molecule has 0 atom stereocenters. The lowest BCUT2D eigenvalue weighted by Crippen LogP contribution is -2.37. The lowest BCUT2D eigenvalue weighted by molar-refractivity contribution is -0.137. The van der Waals surface area contributed by atoms with Crippen LogP contribution in [0.25, 0.3) is 0 Å². The number of hydrogen-bond acceptors (Lipinski definition) is 3. The van der Waals surface area contributed by atoms with Crippen molar-refractivity contribution in [2.75, 3.05) is 18.4 Å². The Morgan fingerprint density at radius 2 is 1.90 bits per heavy atom. The molecule has 0 unspecified atom stereocenters. The molecule has 0 spiro atoms. The van der Waals surface area contributed by atoms with E-state index in [0.717, 1.165) is 5.56 Å². The number of carbonyl (C=O) groups excluding carboxylic acids is 2. The number of aryl methyl sites for hydroxylation is 1. The fraction of sp³-hybridized carbons (Fsp3) is 0.385. The molecule has 2 N–H and O–H groups in total. The van der Waals surface area contributed by atoms with Gasteiger partial charge in [0.1, 0.15) is 6.54 Å². The average Bonchev–Trinajstić information content (AvgIpc) is 2.32. The molecular formula is C13H15F3N2O2. The van der Waals surface area contributed by atoms with Gasteiger partial charge in [0.15, 0.2) is 5.78 Å². The number of halogens is 3. The first-order chi connectivity index (χ1) is 9.20. The highest BCUT2D eigenvalue weighted by Gasteiger charge is 2.27. The van der Waals surface area contributed by atoms with E-state index in [1.165, 1.54) is 6.92 Å². The van der Waals surface area contributed by atoms with Crippen molar-refractivity contribution >= 4 is 17.4 Å². The molecule has 0 aliphatic heterocycles. The summed E-state index contributed by atoms with van der Waals surface area (Å²) in [4.78, 5) is 22.8. The molecule has 0 radical (unpaired) electrons. The number of ketones is 1. The Morgan fingerprint density at radius 1 is 1.25 bits per heavy atom. The Morgan fingerprint density at radius 3 is 2.45 bits per heavy atom. The van der Waals surface area contributed by atoms with E-state index in [4.69, 9.17) is 0 Å². The highest BCUT2D eigenvalue weighted by molar-refractivity contribution is 6.01. The molecule has 0 aromatic heterocycles. The van der Waals surface area contributed by atoms with Crippen molar-refractivity contribution in [3.63, 3.8) is 0 Å². The van der Waals surface area contributed by atoms with Crippen molar-refractivity contribution in [3.8, 4) is 0 Å². The summed E-state index contributed by atoms with van der Waals surface area (Å²) >= 11 is 0. The minimum Gasteiger partial charge on any atom is -0.376 e. The Hall–Kier alpha value is -2.05. The van der Waals surface area contributed by atoms with Crippen LogP contribution in [0.2, 0.25) is 0 Å². The van der Waals surface area contributed by atoms with Gasteiger partial charge in [-0.15, -0.1) is 0 Å². The van der Waals surface area contributed by atoms with Gasteiger partial charge in [0, 0.05) is 11.3 Å². The summed E-state index contributed by atoms with van der Waals surface area (Å²) < 4.78 is 35.8. The zero-order chi connectivity index (χ0) is 15.3. The van der Waals surface area contributed by atoms with Gasteiger partial charge in [0.05, 0.1) is 6.54 Å². The summed E-state index contributed by atoms with van der Waals surface area (Å²) in [5.74, 6) is -0.973. The summed E-state index contributed by atoms with van der Waals surface area (Å²) in [6, 6.07) is 5.03. The average molecular weight is 288 g/mol. The third-order valence-electron chi connectivity index (χ3n) is 2.55. The molecule has 0 aliphatic carbocycles. The van der Waals surface area contributed by atoms with Crippen molar-refractivity contribution in [1.29, 1.82) is 0 Å². The van der Waals surface area contributed by atoms with E-state index >= 15 is 0 Å². The van der Waals surface area contributed by atoms with E-state index in [1.807, 2.05) is 0 Å². The smallest absolute Gasteiger partial charge is 0.376 e. The van der Waals surface area contributed by atoms with Crippen molar-refractivity contribution in [2.45, 2.75) is 20.0 Å². The Labute approximate surface area is 114 Å². The second kappa shape index (κ2) is 6.40. The van der Waals surface area contributed by atoms with E-state index < -0.39 is 18.6 Å². The van der Waals surface area contributed by atoms with E-state index in [2.05, 4.69) is 5.32 Å². The van der Waals surface area contributed by atoms with Crippen LogP contribution < -0.4 is 10.6 Å². The predicted molar refractivity (Wildman–Crippen MR) is 68.7 cm³/mol. The number of rotatable bonds is 5. The first kappa shape index (κ1) is 16.0. The van der Waals surface area contributed by atoms with Crippen molar-refractivity contribution in [2.24, 2.45) is 0 Å². The highest BCUT2D eigenvalue weighted by atomic mass is 19.4. The highest BCUT2D eigenvalue weighted by Crippen LogP contribution is 2.19. The van der Waals surface area contributed by atoms with Gasteiger partial charge in [0.2, 0.25) is 5.91 Å². The lowest BCUT2D eigenvalue weighted by Gasteiger charge is -2.13. The summed E-state index contributed by atoms with van der Waals surface area (Å²) in [5, 5.41) is 4.42. The third-order valence-corrected chi connectivity index (χ3v) is 2.55. The van der Waals surface area contributed by atoms with Gasteiger partial charge >= 0.3 is 6.18 Å². The lowest BCUT2D eigenvalue weighted by atomic mass is 10.0. The number of alkyl halides is 3. The van der Waals surface area contributed by atoms with E-state index in [1.54, 1.807) is 30.4 Å². The Kier molecular flexibility index (Phi) is 5.12. The normalized spacial score (nSPS) is 11.1. The third kappa shape index (κ3) is 4.91. The molecule has 0 aliphatic rings. The maximum absolute atomic E-state index is 11.9. The zero-order valence-corrected chi connectivity index (χ0v) is 11.1. The quantitative estimate of drug-likeness (QED) is 0.817. The molecule has 1 aromatic carbocycles. The summed E-state index contributed by atoms with van der Waals surface area (Å²) in [5.41, 5.74) is 1.59. The molecule has 0 fully saturated rings. The van der Waals surface area contributed by atoms with E-state index in [9.17, 15) is 22.8 Å². The topological polar surface area (TPSA) is 58.2 Å². The number of benzene rings is 1. The summed E-state index contributed by atoms with van der Waals surface area (Å²) in [6.07, 6.45) is -4.44. The van der Waals surface area contributed by atoms with Crippen LogP contribution in [0.3, 0.4) is 0 Å². The van der Waals surface area contributed by atoms with E-state index in [-0.39, 0.29) is 12.3 Å². The summed E-state index contributed by atoms with van der Waals surface area (Å²) in [7, 11) is 0. The van der Waals surface area contributed by atoms with Crippen molar-refractivity contribution in [1.82, 2.24) is 5.32 Å². The van der Waals surface area contributed by atoms with Crippen molar-refractivity contribution < 1.29 is 22.8 Å². The fourth-order valence-electron chi connectivity index (χ4n) is 1.72. The van der Waals surface area contributed by atoms with Gasteiger partial charge in [-0.3, -0.25) is 9.59 Å². The van der Waals surface area contributed by atoms with Gasteiger partial charge in [-0.1, -0.05) is 12.1 Å². The van der Waals surface area contributed by atoms with Gasteiger partial charge in [-0.2, -0.15) is 13.2 Å².